The minimum Gasteiger partial charge on any atom is -0.280 e. The predicted octanol–water partition coefficient (Wildman–Crippen LogP) is 7.57. The van der Waals surface area contributed by atoms with Gasteiger partial charge in [0.2, 0.25) is 0 Å². The Labute approximate surface area is 223 Å². The zero-order valence-corrected chi connectivity index (χ0v) is 21.3. The molecule has 4 aromatic carbocycles. The third kappa shape index (κ3) is 5.19. The number of fused-ring (bicyclic) bond motifs is 1. The number of hydrogen-bond donors (Lipinski definition) is 1. The highest BCUT2D eigenvalue weighted by Gasteiger charge is 2.33. The zero-order chi connectivity index (χ0) is 27.8. The number of sulfonamides is 1. The average molecular weight is 544 g/mol. The third-order valence-electron chi connectivity index (χ3n) is 6.25. The van der Waals surface area contributed by atoms with Gasteiger partial charge in [-0.3, -0.25) is 9.71 Å². The molecule has 0 fully saturated rings. The van der Waals surface area contributed by atoms with Crippen molar-refractivity contribution in [1.29, 1.82) is 5.26 Å². The van der Waals surface area contributed by atoms with Crippen molar-refractivity contribution in [3.63, 3.8) is 0 Å². The second-order valence-electron chi connectivity index (χ2n) is 8.94. The molecule has 0 bridgehead atoms. The molecule has 0 aliphatic carbocycles. The summed E-state index contributed by atoms with van der Waals surface area (Å²) >= 11 is 0. The summed E-state index contributed by atoms with van der Waals surface area (Å²) in [5.41, 5.74) is 2.53. The molecule has 0 saturated carbocycles. The Morgan fingerprint density at radius 2 is 1.49 bits per heavy atom. The number of benzene rings is 4. The lowest BCUT2D eigenvalue weighted by Crippen LogP contribution is -2.12. The highest BCUT2D eigenvalue weighted by molar-refractivity contribution is 7.92. The van der Waals surface area contributed by atoms with Gasteiger partial charge < -0.3 is 0 Å². The average Bonchev–Trinajstić information content (AvgIpc) is 2.91. The van der Waals surface area contributed by atoms with Crippen LogP contribution in [-0.2, 0) is 16.2 Å². The summed E-state index contributed by atoms with van der Waals surface area (Å²) < 4.78 is 69.3. The number of anilines is 1. The van der Waals surface area contributed by atoms with Crippen LogP contribution in [0, 0.1) is 18.3 Å². The second-order valence-corrected chi connectivity index (χ2v) is 10.6. The lowest BCUT2D eigenvalue weighted by Gasteiger charge is -2.14. The van der Waals surface area contributed by atoms with Gasteiger partial charge in [-0.15, -0.1) is 0 Å². The summed E-state index contributed by atoms with van der Waals surface area (Å²) in [6.45, 7) is 1.87. The van der Waals surface area contributed by atoms with Crippen LogP contribution in [0.1, 0.15) is 16.7 Å². The standard InChI is InChI=1S/C30H20F3N3O2S/c1-19-11-13-25(14-12-19)39(37,38)36-24-8-3-6-21(16-24)20-5-2-7-22(15-20)28-23(17-34)18-35-29-26(28)9-4-10-27(29)30(31,32)33/h2-16,18,36H,1H3. The van der Waals surface area contributed by atoms with Crippen molar-refractivity contribution in [2.75, 3.05) is 4.72 Å². The van der Waals surface area contributed by atoms with E-state index in [4.69, 9.17) is 0 Å². The molecule has 39 heavy (non-hydrogen) atoms. The van der Waals surface area contributed by atoms with Gasteiger partial charge in [-0.1, -0.05) is 60.2 Å². The number of aromatic nitrogens is 1. The van der Waals surface area contributed by atoms with Crippen molar-refractivity contribution >= 4 is 26.6 Å². The third-order valence-corrected chi connectivity index (χ3v) is 7.65. The van der Waals surface area contributed by atoms with Gasteiger partial charge in [0, 0.05) is 22.8 Å². The predicted molar refractivity (Wildman–Crippen MR) is 144 cm³/mol. The van der Waals surface area contributed by atoms with Crippen molar-refractivity contribution in [3.8, 4) is 28.3 Å². The van der Waals surface area contributed by atoms with Gasteiger partial charge in [0.25, 0.3) is 10.0 Å². The Morgan fingerprint density at radius 1 is 0.846 bits per heavy atom. The van der Waals surface area contributed by atoms with Gasteiger partial charge >= 0.3 is 6.18 Å². The number of nitriles is 1. The number of halogens is 3. The van der Waals surface area contributed by atoms with E-state index in [1.807, 2.05) is 13.0 Å². The molecule has 0 unspecified atom stereocenters. The maximum atomic E-state index is 13.6. The molecule has 0 spiro atoms. The highest BCUT2D eigenvalue weighted by Crippen LogP contribution is 2.39. The molecule has 0 radical (unpaired) electrons. The van der Waals surface area contributed by atoms with E-state index in [2.05, 4.69) is 9.71 Å². The van der Waals surface area contributed by atoms with E-state index >= 15 is 0 Å². The van der Waals surface area contributed by atoms with Crippen LogP contribution in [0.25, 0.3) is 33.2 Å². The fraction of sp³-hybridized carbons (Fsp3) is 0.0667. The van der Waals surface area contributed by atoms with Crippen LogP contribution in [-0.4, -0.2) is 13.4 Å². The fourth-order valence-electron chi connectivity index (χ4n) is 4.40. The summed E-state index contributed by atoms with van der Waals surface area (Å²) in [4.78, 5) is 4.08. The number of para-hydroxylation sites is 1. The van der Waals surface area contributed by atoms with Crippen molar-refractivity contribution in [1.82, 2.24) is 4.98 Å². The monoisotopic (exact) mass is 543 g/mol. The van der Waals surface area contributed by atoms with Gasteiger partial charge in [-0.2, -0.15) is 18.4 Å². The first-order valence-electron chi connectivity index (χ1n) is 11.8. The number of nitrogens with zero attached hydrogens (tertiary/aromatic N) is 2. The zero-order valence-electron chi connectivity index (χ0n) is 20.5. The van der Waals surface area contributed by atoms with Crippen molar-refractivity contribution in [2.45, 2.75) is 18.0 Å². The summed E-state index contributed by atoms with van der Waals surface area (Å²) in [6, 6.07) is 26.1. The number of hydrogen-bond acceptors (Lipinski definition) is 4. The maximum Gasteiger partial charge on any atom is 0.418 e. The molecular weight excluding hydrogens is 523 g/mol. The number of nitrogens with one attached hydrogen (secondary N) is 1. The molecular formula is C30H20F3N3O2S. The largest absolute Gasteiger partial charge is 0.418 e. The lowest BCUT2D eigenvalue weighted by molar-refractivity contribution is -0.136. The lowest BCUT2D eigenvalue weighted by atomic mass is 9.93. The number of alkyl halides is 3. The first-order chi connectivity index (χ1) is 18.6. The Bertz CT molecular complexity index is 1860. The molecule has 9 heteroatoms. The normalized spacial score (nSPS) is 11.8. The smallest absolute Gasteiger partial charge is 0.280 e. The molecule has 194 valence electrons. The van der Waals surface area contributed by atoms with Gasteiger partial charge in [-0.25, -0.2) is 8.42 Å². The van der Waals surface area contributed by atoms with E-state index in [-0.39, 0.29) is 21.4 Å². The molecule has 0 saturated heterocycles. The molecule has 0 atom stereocenters. The minimum atomic E-state index is -4.61. The second kappa shape index (κ2) is 9.89. The summed E-state index contributed by atoms with van der Waals surface area (Å²) in [6.07, 6.45) is -3.45. The summed E-state index contributed by atoms with van der Waals surface area (Å²) in [7, 11) is -3.81. The van der Waals surface area contributed by atoms with Gasteiger partial charge in [0.1, 0.15) is 6.07 Å². The molecule has 5 aromatic rings. The Morgan fingerprint density at radius 3 is 2.18 bits per heavy atom. The van der Waals surface area contributed by atoms with E-state index in [1.165, 1.54) is 24.3 Å². The van der Waals surface area contributed by atoms with Gasteiger partial charge in [-0.05, 0) is 60.0 Å². The first-order valence-corrected chi connectivity index (χ1v) is 13.2. The number of aryl methyl sites for hydroxylation is 1. The van der Waals surface area contributed by atoms with E-state index in [9.17, 15) is 26.9 Å². The quantitative estimate of drug-likeness (QED) is 0.248. The van der Waals surface area contributed by atoms with Crippen LogP contribution in [0.5, 0.6) is 0 Å². The van der Waals surface area contributed by atoms with Gasteiger partial charge in [0.15, 0.2) is 0 Å². The Kier molecular flexibility index (Phi) is 6.58. The Hall–Kier alpha value is -4.68. The van der Waals surface area contributed by atoms with Crippen LogP contribution in [0.2, 0.25) is 0 Å². The van der Waals surface area contributed by atoms with E-state index in [0.29, 0.717) is 27.9 Å². The molecule has 0 aliphatic heterocycles. The maximum absolute atomic E-state index is 13.6. The van der Waals surface area contributed by atoms with Crippen molar-refractivity contribution < 1.29 is 21.6 Å². The van der Waals surface area contributed by atoms with Crippen LogP contribution in [0.15, 0.2) is 102 Å². The number of rotatable bonds is 5. The molecule has 0 amide bonds. The van der Waals surface area contributed by atoms with Crippen LogP contribution in [0.4, 0.5) is 18.9 Å². The van der Waals surface area contributed by atoms with E-state index in [0.717, 1.165) is 17.8 Å². The molecule has 5 rings (SSSR count). The summed E-state index contributed by atoms with van der Waals surface area (Å²) in [5, 5.41) is 9.94. The molecule has 1 N–H and O–H groups in total. The van der Waals surface area contributed by atoms with Gasteiger partial charge in [0.05, 0.1) is 21.5 Å². The van der Waals surface area contributed by atoms with Crippen molar-refractivity contribution in [2.24, 2.45) is 0 Å². The van der Waals surface area contributed by atoms with Crippen LogP contribution < -0.4 is 4.72 Å². The summed E-state index contributed by atoms with van der Waals surface area (Å²) in [5.74, 6) is 0. The molecule has 1 heterocycles. The van der Waals surface area contributed by atoms with E-state index < -0.39 is 21.8 Å². The number of pyridine rings is 1. The topological polar surface area (TPSA) is 82.9 Å². The molecule has 0 aliphatic rings. The fourth-order valence-corrected chi connectivity index (χ4v) is 5.45. The SMILES string of the molecule is Cc1ccc(S(=O)(=O)Nc2cccc(-c3cccc(-c4c(C#N)cnc5c(C(F)(F)F)cccc45)c3)c2)cc1. The first kappa shape index (κ1) is 25.9. The van der Waals surface area contributed by atoms with E-state index in [1.54, 1.807) is 60.7 Å². The van der Waals surface area contributed by atoms with Crippen LogP contribution >= 0.6 is 0 Å². The highest BCUT2D eigenvalue weighted by atomic mass is 32.2. The van der Waals surface area contributed by atoms with Crippen LogP contribution in [0.3, 0.4) is 0 Å². The minimum absolute atomic E-state index is 0.132. The Balaban J connectivity index is 1.57. The molecule has 1 aromatic heterocycles. The van der Waals surface area contributed by atoms with Crippen molar-refractivity contribution in [3.05, 3.63) is 114 Å². The molecule has 5 nitrogen and oxygen atoms in total.